The normalized spacial score (nSPS) is 18.2. The number of likely N-dealkylation sites (tertiary alicyclic amines) is 1. The second kappa shape index (κ2) is 6.36. The molecule has 1 aromatic carbocycles. The van der Waals surface area contributed by atoms with Crippen LogP contribution >= 0.6 is 0 Å². The Morgan fingerprint density at radius 1 is 1.38 bits per heavy atom. The van der Waals surface area contributed by atoms with Gasteiger partial charge in [0.25, 0.3) is 11.8 Å². The summed E-state index contributed by atoms with van der Waals surface area (Å²) in [4.78, 5) is 19.2. The van der Waals surface area contributed by atoms with Crippen molar-refractivity contribution in [1.82, 2.24) is 15.0 Å². The third kappa shape index (κ3) is 3.19. The molecule has 128 valence electrons. The Kier molecular flexibility index (Phi) is 4.41. The molecule has 1 aliphatic rings. The Hall–Kier alpha value is -2.21. The van der Waals surface area contributed by atoms with Crippen molar-refractivity contribution in [3.8, 4) is 11.5 Å². The molecule has 6 heteroatoms. The summed E-state index contributed by atoms with van der Waals surface area (Å²) in [5, 5.41) is 4.06. The number of amides is 1. The smallest absolute Gasteiger partial charge is 0.258 e. The van der Waals surface area contributed by atoms with Crippen LogP contribution in [0.2, 0.25) is 0 Å². The van der Waals surface area contributed by atoms with E-state index in [1.807, 2.05) is 49.9 Å². The predicted octanol–water partition coefficient (Wildman–Crippen LogP) is 2.45. The molecular weight excluding hydrogens is 304 g/mol. The second-order valence-electron chi connectivity index (χ2n) is 7.36. The highest BCUT2D eigenvalue weighted by molar-refractivity contribution is 6.00. The van der Waals surface area contributed by atoms with Crippen molar-refractivity contribution >= 4 is 5.91 Å². The Labute approximate surface area is 142 Å². The summed E-state index contributed by atoms with van der Waals surface area (Å²) in [5.74, 6) is 1.40. The molecule has 1 saturated heterocycles. The zero-order valence-electron chi connectivity index (χ0n) is 14.5. The minimum Gasteiger partial charge on any atom is -0.338 e. The van der Waals surface area contributed by atoms with E-state index in [1.165, 1.54) is 0 Å². The fraction of sp³-hybridized carbons (Fsp3) is 0.500. The Morgan fingerprint density at radius 2 is 2.12 bits per heavy atom. The summed E-state index contributed by atoms with van der Waals surface area (Å²) in [5.41, 5.74) is 6.80. The lowest BCUT2D eigenvalue weighted by Crippen LogP contribution is -2.30. The Bertz CT molecular complexity index is 733. The summed E-state index contributed by atoms with van der Waals surface area (Å²) < 4.78 is 5.42. The quantitative estimate of drug-likeness (QED) is 0.935. The highest BCUT2D eigenvalue weighted by atomic mass is 16.5. The topological polar surface area (TPSA) is 85.2 Å². The van der Waals surface area contributed by atoms with E-state index in [4.69, 9.17) is 10.3 Å². The largest absolute Gasteiger partial charge is 0.338 e. The lowest BCUT2D eigenvalue weighted by molar-refractivity contribution is 0.0788. The Morgan fingerprint density at radius 3 is 2.75 bits per heavy atom. The minimum atomic E-state index is -0.204. The van der Waals surface area contributed by atoms with Crippen molar-refractivity contribution in [3.05, 3.63) is 35.7 Å². The molecule has 0 bridgehead atoms. The van der Waals surface area contributed by atoms with Gasteiger partial charge < -0.3 is 15.2 Å². The van der Waals surface area contributed by atoms with E-state index < -0.39 is 0 Å². The van der Waals surface area contributed by atoms with Crippen molar-refractivity contribution in [2.45, 2.75) is 32.6 Å². The summed E-state index contributed by atoms with van der Waals surface area (Å²) in [6, 6.07) is 7.39. The molecule has 0 radical (unpaired) electrons. The Balaban J connectivity index is 1.91. The number of carbonyl (C=O) groups is 1. The standard InChI is InChI=1S/C18H24N4O2/c1-18(2,3)17-20-15(24-21-17)13-6-4-5-7-14(13)16(23)22-9-8-12(10-19)11-22/h4-7,12H,8-11,19H2,1-3H3/t12-/m0/s1. The highest BCUT2D eigenvalue weighted by Gasteiger charge is 2.29. The zero-order chi connectivity index (χ0) is 17.3. The molecule has 24 heavy (non-hydrogen) atoms. The lowest BCUT2D eigenvalue weighted by Gasteiger charge is -2.17. The zero-order valence-corrected chi connectivity index (χ0v) is 14.5. The van der Waals surface area contributed by atoms with Crippen LogP contribution < -0.4 is 5.73 Å². The first-order chi connectivity index (χ1) is 11.4. The van der Waals surface area contributed by atoms with E-state index >= 15 is 0 Å². The molecule has 2 N–H and O–H groups in total. The van der Waals surface area contributed by atoms with Crippen LogP contribution in [0.3, 0.4) is 0 Å². The molecule has 2 heterocycles. The molecule has 0 saturated carbocycles. The van der Waals surface area contributed by atoms with Gasteiger partial charge in [0.15, 0.2) is 5.82 Å². The third-order valence-electron chi connectivity index (χ3n) is 4.39. The van der Waals surface area contributed by atoms with Gasteiger partial charge >= 0.3 is 0 Å². The number of nitrogens with zero attached hydrogens (tertiary/aromatic N) is 3. The molecule has 0 spiro atoms. The van der Waals surface area contributed by atoms with Gasteiger partial charge in [-0.25, -0.2) is 0 Å². The van der Waals surface area contributed by atoms with Gasteiger partial charge in [0.05, 0.1) is 11.1 Å². The monoisotopic (exact) mass is 328 g/mol. The van der Waals surface area contributed by atoms with Crippen LogP contribution in [0.4, 0.5) is 0 Å². The van der Waals surface area contributed by atoms with Crippen LogP contribution in [-0.2, 0) is 5.41 Å². The predicted molar refractivity (Wildman–Crippen MR) is 91.5 cm³/mol. The van der Waals surface area contributed by atoms with Gasteiger partial charge in [-0.3, -0.25) is 4.79 Å². The first kappa shape index (κ1) is 16.6. The molecular formula is C18H24N4O2. The van der Waals surface area contributed by atoms with Crippen molar-refractivity contribution in [1.29, 1.82) is 0 Å². The summed E-state index contributed by atoms with van der Waals surface area (Å²) in [7, 11) is 0. The van der Waals surface area contributed by atoms with Crippen LogP contribution in [0.5, 0.6) is 0 Å². The van der Waals surface area contributed by atoms with Crippen molar-refractivity contribution in [2.24, 2.45) is 11.7 Å². The molecule has 1 fully saturated rings. The fourth-order valence-corrected chi connectivity index (χ4v) is 2.87. The third-order valence-corrected chi connectivity index (χ3v) is 4.39. The van der Waals surface area contributed by atoms with Gasteiger partial charge in [-0.1, -0.05) is 38.1 Å². The second-order valence-corrected chi connectivity index (χ2v) is 7.36. The van der Waals surface area contributed by atoms with Gasteiger partial charge in [-0.15, -0.1) is 0 Å². The number of rotatable bonds is 3. The molecule has 2 aromatic rings. The first-order valence-electron chi connectivity index (χ1n) is 8.33. The number of carbonyl (C=O) groups excluding carboxylic acids is 1. The van der Waals surface area contributed by atoms with Crippen LogP contribution in [0.1, 0.15) is 43.4 Å². The first-order valence-corrected chi connectivity index (χ1v) is 8.33. The number of benzene rings is 1. The lowest BCUT2D eigenvalue weighted by atomic mass is 9.96. The number of aromatic nitrogens is 2. The summed E-state index contributed by atoms with van der Waals surface area (Å²) in [6.45, 7) is 8.14. The average Bonchev–Trinajstić information content (AvgIpc) is 3.23. The van der Waals surface area contributed by atoms with Crippen LogP contribution in [0, 0.1) is 5.92 Å². The molecule has 0 aliphatic carbocycles. The number of hydrogen-bond acceptors (Lipinski definition) is 5. The average molecular weight is 328 g/mol. The summed E-state index contributed by atoms with van der Waals surface area (Å²) in [6.07, 6.45) is 0.957. The van der Waals surface area contributed by atoms with Gasteiger partial charge in [-0.2, -0.15) is 4.98 Å². The van der Waals surface area contributed by atoms with Crippen molar-refractivity contribution in [2.75, 3.05) is 19.6 Å². The molecule has 1 amide bonds. The molecule has 6 nitrogen and oxygen atoms in total. The maximum absolute atomic E-state index is 12.9. The number of hydrogen-bond donors (Lipinski definition) is 1. The van der Waals surface area contributed by atoms with Crippen molar-refractivity contribution in [3.63, 3.8) is 0 Å². The number of nitrogens with two attached hydrogens (primary N) is 1. The molecule has 3 rings (SSSR count). The van der Waals surface area contributed by atoms with Crippen molar-refractivity contribution < 1.29 is 9.32 Å². The SMILES string of the molecule is CC(C)(C)c1noc(-c2ccccc2C(=O)N2CC[C@@H](CN)C2)n1. The minimum absolute atomic E-state index is 0.00272. The maximum Gasteiger partial charge on any atom is 0.258 e. The van der Waals surface area contributed by atoms with E-state index in [0.717, 1.165) is 13.0 Å². The van der Waals surface area contributed by atoms with E-state index in [9.17, 15) is 4.79 Å². The highest BCUT2D eigenvalue weighted by Crippen LogP contribution is 2.28. The van der Waals surface area contributed by atoms with Gasteiger partial charge in [-0.05, 0) is 31.0 Å². The molecule has 1 aromatic heterocycles. The van der Waals surface area contributed by atoms with Gasteiger partial charge in [0.2, 0.25) is 0 Å². The van der Waals surface area contributed by atoms with Crippen LogP contribution in [0.15, 0.2) is 28.8 Å². The van der Waals surface area contributed by atoms with Crippen LogP contribution in [-0.4, -0.2) is 40.6 Å². The molecule has 1 aliphatic heterocycles. The molecule has 0 unspecified atom stereocenters. The van der Waals surface area contributed by atoms with Gasteiger partial charge in [0, 0.05) is 18.5 Å². The maximum atomic E-state index is 12.9. The summed E-state index contributed by atoms with van der Waals surface area (Å²) >= 11 is 0. The van der Waals surface area contributed by atoms with Gasteiger partial charge in [0.1, 0.15) is 0 Å². The van der Waals surface area contributed by atoms with E-state index in [-0.39, 0.29) is 11.3 Å². The van der Waals surface area contributed by atoms with E-state index in [0.29, 0.717) is 41.8 Å². The van der Waals surface area contributed by atoms with Crippen LogP contribution in [0.25, 0.3) is 11.5 Å². The van der Waals surface area contributed by atoms with E-state index in [1.54, 1.807) is 0 Å². The van der Waals surface area contributed by atoms with E-state index in [2.05, 4.69) is 10.1 Å². The molecule has 1 atom stereocenters. The fourth-order valence-electron chi connectivity index (χ4n) is 2.87.